The summed E-state index contributed by atoms with van der Waals surface area (Å²) in [4.78, 5) is 28.0. The quantitative estimate of drug-likeness (QED) is 0.872. The van der Waals surface area contributed by atoms with Crippen LogP contribution in [0.25, 0.3) is 0 Å². The minimum absolute atomic E-state index is 0.169. The van der Waals surface area contributed by atoms with E-state index < -0.39 is 0 Å². The standard InChI is InChI=1S/C15H15N3O4/c1-9(19)10-5-13-14(22-4-3-21-13)6-11(10)17-15(20)12-7-16-8-18(12)2/h5-8H,3-4H2,1-2H3,(H,17,20). The average Bonchev–Trinajstić information content (AvgIpc) is 2.92. The van der Waals surface area contributed by atoms with E-state index in [2.05, 4.69) is 10.3 Å². The second-order valence-corrected chi connectivity index (χ2v) is 4.94. The van der Waals surface area contributed by atoms with Crippen molar-refractivity contribution in [1.82, 2.24) is 9.55 Å². The van der Waals surface area contributed by atoms with Gasteiger partial charge in [-0.15, -0.1) is 0 Å². The Hall–Kier alpha value is -2.83. The van der Waals surface area contributed by atoms with Crippen molar-refractivity contribution < 1.29 is 19.1 Å². The number of carbonyl (C=O) groups is 2. The topological polar surface area (TPSA) is 82.5 Å². The Morgan fingerprint density at radius 1 is 1.23 bits per heavy atom. The van der Waals surface area contributed by atoms with Crippen molar-refractivity contribution in [2.24, 2.45) is 7.05 Å². The molecule has 0 saturated carbocycles. The third kappa shape index (κ3) is 2.52. The molecule has 1 aromatic carbocycles. The van der Waals surface area contributed by atoms with Gasteiger partial charge in [0.15, 0.2) is 17.3 Å². The Bertz CT molecular complexity index is 751. The number of aromatic nitrogens is 2. The van der Waals surface area contributed by atoms with Crippen molar-refractivity contribution in [2.45, 2.75) is 6.92 Å². The molecule has 0 aliphatic carbocycles. The minimum atomic E-state index is -0.348. The Kier molecular flexibility index (Phi) is 3.54. The van der Waals surface area contributed by atoms with Crippen molar-refractivity contribution in [3.63, 3.8) is 0 Å². The second kappa shape index (κ2) is 5.51. The largest absolute Gasteiger partial charge is 0.486 e. The van der Waals surface area contributed by atoms with Gasteiger partial charge in [0.25, 0.3) is 5.91 Å². The number of nitrogens with zero attached hydrogens (tertiary/aromatic N) is 2. The van der Waals surface area contributed by atoms with Gasteiger partial charge in [-0.1, -0.05) is 0 Å². The first-order valence-electron chi connectivity index (χ1n) is 6.78. The van der Waals surface area contributed by atoms with Gasteiger partial charge in [0, 0.05) is 18.7 Å². The van der Waals surface area contributed by atoms with Crippen molar-refractivity contribution in [3.05, 3.63) is 35.9 Å². The van der Waals surface area contributed by atoms with Crippen LogP contribution in [0.5, 0.6) is 11.5 Å². The van der Waals surface area contributed by atoms with Gasteiger partial charge in [0.2, 0.25) is 0 Å². The molecule has 22 heavy (non-hydrogen) atoms. The number of fused-ring (bicyclic) bond motifs is 1. The fraction of sp³-hybridized carbons (Fsp3) is 0.267. The molecule has 0 unspecified atom stereocenters. The smallest absolute Gasteiger partial charge is 0.273 e. The summed E-state index contributed by atoms with van der Waals surface area (Å²) in [6.07, 6.45) is 2.99. The average molecular weight is 301 g/mol. The lowest BCUT2D eigenvalue weighted by Gasteiger charge is -2.20. The van der Waals surface area contributed by atoms with Crippen LogP contribution in [0.1, 0.15) is 27.8 Å². The molecule has 2 aromatic rings. The Morgan fingerprint density at radius 3 is 2.50 bits per heavy atom. The molecule has 1 amide bonds. The molecular weight excluding hydrogens is 286 g/mol. The molecule has 1 aliphatic heterocycles. The number of amides is 1. The van der Waals surface area contributed by atoms with E-state index >= 15 is 0 Å². The SMILES string of the molecule is CC(=O)c1cc2c(cc1NC(=O)c1cncn1C)OCCO2. The lowest BCUT2D eigenvalue weighted by molar-refractivity contribution is 0.101. The Labute approximate surface area is 126 Å². The van der Waals surface area contributed by atoms with Crippen LogP contribution in [0.2, 0.25) is 0 Å². The number of benzene rings is 1. The summed E-state index contributed by atoms with van der Waals surface area (Å²) < 4.78 is 12.5. The van der Waals surface area contributed by atoms with Gasteiger partial charge < -0.3 is 19.4 Å². The molecule has 1 aliphatic rings. The molecule has 0 saturated heterocycles. The number of hydrogen-bond acceptors (Lipinski definition) is 5. The number of aryl methyl sites for hydroxylation is 1. The maximum absolute atomic E-state index is 12.3. The van der Waals surface area contributed by atoms with Gasteiger partial charge in [-0.25, -0.2) is 4.98 Å². The lowest BCUT2D eigenvalue weighted by Crippen LogP contribution is -2.19. The predicted molar refractivity (Wildman–Crippen MR) is 78.6 cm³/mol. The van der Waals surface area contributed by atoms with Gasteiger partial charge >= 0.3 is 0 Å². The van der Waals surface area contributed by atoms with Crippen LogP contribution in [0.15, 0.2) is 24.7 Å². The van der Waals surface area contributed by atoms with Gasteiger partial charge in [0.1, 0.15) is 18.9 Å². The summed E-state index contributed by atoms with van der Waals surface area (Å²) in [6, 6.07) is 3.20. The molecule has 7 heteroatoms. The van der Waals surface area contributed by atoms with Gasteiger partial charge in [-0.3, -0.25) is 9.59 Å². The number of carbonyl (C=O) groups excluding carboxylic acids is 2. The molecule has 114 valence electrons. The summed E-state index contributed by atoms with van der Waals surface area (Å²) in [5.74, 6) is 0.503. The number of nitrogens with one attached hydrogen (secondary N) is 1. The van der Waals surface area contributed by atoms with E-state index in [1.165, 1.54) is 19.4 Å². The van der Waals surface area contributed by atoms with Crippen LogP contribution < -0.4 is 14.8 Å². The summed E-state index contributed by atoms with van der Waals surface area (Å²) in [5.41, 5.74) is 1.16. The summed E-state index contributed by atoms with van der Waals surface area (Å²) in [7, 11) is 1.72. The zero-order chi connectivity index (χ0) is 15.7. The molecule has 7 nitrogen and oxygen atoms in total. The predicted octanol–water partition coefficient (Wildman–Crippen LogP) is 1.65. The minimum Gasteiger partial charge on any atom is -0.486 e. The third-order valence-corrected chi connectivity index (χ3v) is 3.36. The maximum Gasteiger partial charge on any atom is 0.273 e. The lowest BCUT2D eigenvalue weighted by atomic mass is 10.1. The molecule has 3 rings (SSSR count). The zero-order valence-corrected chi connectivity index (χ0v) is 12.3. The number of anilines is 1. The van der Waals surface area contributed by atoms with Crippen LogP contribution in [0, 0.1) is 0 Å². The van der Waals surface area contributed by atoms with Crippen LogP contribution in [-0.2, 0) is 7.05 Å². The van der Waals surface area contributed by atoms with Crippen molar-refractivity contribution >= 4 is 17.4 Å². The highest BCUT2D eigenvalue weighted by molar-refractivity contribution is 6.08. The highest BCUT2D eigenvalue weighted by Gasteiger charge is 2.20. The van der Waals surface area contributed by atoms with Gasteiger partial charge in [-0.2, -0.15) is 0 Å². The normalized spacial score (nSPS) is 12.8. The summed E-state index contributed by atoms with van der Waals surface area (Å²) in [6.45, 7) is 2.30. The van der Waals surface area contributed by atoms with Crippen molar-refractivity contribution in [3.8, 4) is 11.5 Å². The van der Waals surface area contributed by atoms with E-state index in [1.807, 2.05) is 0 Å². The molecule has 0 radical (unpaired) electrons. The van der Waals surface area contributed by atoms with Gasteiger partial charge in [0.05, 0.1) is 18.2 Å². The van der Waals surface area contributed by atoms with Crippen LogP contribution in [0.3, 0.4) is 0 Å². The molecular formula is C15H15N3O4. The Morgan fingerprint density at radius 2 is 1.91 bits per heavy atom. The fourth-order valence-corrected chi connectivity index (χ4v) is 2.25. The van der Waals surface area contributed by atoms with Crippen LogP contribution in [0.4, 0.5) is 5.69 Å². The first kappa shape index (κ1) is 14.1. The van der Waals surface area contributed by atoms with Crippen LogP contribution >= 0.6 is 0 Å². The summed E-state index contributed by atoms with van der Waals surface area (Å²) >= 11 is 0. The highest BCUT2D eigenvalue weighted by atomic mass is 16.6. The second-order valence-electron chi connectivity index (χ2n) is 4.94. The molecule has 0 fully saturated rings. The van der Waals surface area contributed by atoms with E-state index in [1.54, 1.807) is 23.7 Å². The maximum atomic E-state index is 12.3. The number of hydrogen-bond donors (Lipinski definition) is 1. The van der Waals surface area contributed by atoms with Crippen molar-refractivity contribution in [1.29, 1.82) is 0 Å². The van der Waals surface area contributed by atoms with E-state index in [0.717, 1.165) is 0 Å². The number of ketones is 1. The molecule has 1 aromatic heterocycles. The van der Waals surface area contributed by atoms with Gasteiger partial charge in [-0.05, 0) is 13.0 Å². The third-order valence-electron chi connectivity index (χ3n) is 3.36. The number of ether oxygens (including phenoxy) is 2. The first-order valence-corrected chi connectivity index (χ1v) is 6.78. The van der Waals surface area contributed by atoms with E-state index in [4.69, 9.17) is 9.47 Å². The van der Waals surface area contributed by atoms with Crippen LogP contribution in [-0.4, -0.2) is 34.5 Å². The number of rotatable bonds is 3. The molecule has 0 atom stereocenters. The van der Waals surface area contributed by atoms with E-state index in [0.29, 0.717) is 41.7 Å². The summed E-state index contributed by atoms with van der Waals surface area (Å²) in [5, 5.41) is 2.73. The number of Topliss-reactive ketones (excluding diaryl/α,β-unsaturated/α-hetero) is 1. The molecule has 2 heterocycles. The zero-order valence-electron chi connectivity index (χ0n) is 12.3. The molecule has 0 spiro atoms. The van der Waals surface area contributed by atoms with E-state index in [9.17, 15) is 9.59 Å². The fourth-order valence-electron chi connectivity index (χ4n) is 2.25. The van der Waals surface area contributed by atoms with E-state index in [-0.39, 0.29) is 11.7 Å². The highest BCUT2D eigenvalue weighted by Crippen LogP contribution is 2.36. The monoisotopic (exact) mass is 301 g/mol. The molecule has 1 N–H and O–H groups in total. The number of imidazole rings is 1. The molecule has 0 bridgehead atoms. The Balaban J connectivity index is 1.97. The first-order chi connectivity index (χ1) is 10.6. The van der Waals surface area contributed by atoms with Crippen molar-refractivity contribution in [2.75, 3.05) is 18.5 Å².